The highest BCUT2D eigenvalue weighted by molar-refractivity contribution is 7.84. The summed E-state index contributed by atoms with van der Waals surface area (Å²) in [6, 6.07) is 14.7. The standard InChI is InChI=1S/C26H27N3O5S/c1-3-34-26(31)23-21-16-35(32)22-10-5-4-9-20(22)24(21)29(27-23)18-8-6-7-17(15-18)25(30)28-13-11-19(33-2)12-14-28/h4-10,15,19H,3,11-14,16H2,1-2H3. The molecule has 9 heteroatoms. The fraction of sp³-hybridized carbons (Fsp3) is 0.346. The van der Waals surface area contributed by atoms with Gasteiger partial charge in [-0.1, -0.05) is 24.3 Å². The van der Waals surface area contributed by atoms with Gasteiger partial charge in [0.15, 0.2) is 5.69 Å². The summed E-state index contributed by atoms with van der Waals surface area (Å²) < 4.78 is 25.3. The minimum atomic E-state index is -1.30. The summed E-state index contributed by atoms with van der Waals surface area (Å²) in [5.74, 6) is -0.422. The molecule has 5 rings (SSSR count). The number of benzene rings is 2. The van der Waals surface area contributed by atoms with E-state index >= 15 is 0 Å². The van der Waals surface area contributed by atoms with Gasteiger partial charge < -0.3 is 14.4 Å². The van der Waals surface area contributed by atoms with Crippen molar-refractivity contribution in [2.45, 2.75) is 36.5 Å². The Kier molecular flexibility index (Phi) is 6.53. The third kappa shape index (κ3) is 4.30. The van der Waals surface area contributed by atoms with E-state index < -0.39 is 16.8 Å². The van der Waals surface area contributed by atoms with Gasteiger partial charge in [-0.15, -0.1) is 0 Å². The number of aromatic nitrogens is 2. The van der Waals surface area contributed by atoms with Crippen LogP contribution >= 0.6 is 0 Å². The fourth-order valence-corrected chi connectivity index (χ4v) is 6.06. The van der Waals surface area contributed by atoms with Crippen LogP contribution in [0.4, 0.5) is 0 Å². The summed E-state index contributed by atoms with van der Waals surface area (Å²) in [4.78, 5) is 28.5. The van der Waals surface area contributed by atoms with Crippen LogP contribution in [0.2, 0.25) is 0 Å². The van der Waals surface area contributed by atoms with Crippen LogP contribution in [-0.2, 0) is 26.0 Å². The predicted molar refractivity (Wildman–Crippen MR) is 131 cm³/mol. The van der Waals surface area contributed by atoms with Crippen molar-refractivity contribution in [2.24, 2.45) is 0 Å². The zero-order valence-corrected chi connectivity index (χ0v) is 20.5. The van der Waals surface area contributed by atoms with E-state index in [4.69, 9.17) is 9.47 Å². The van der Waals surface area contributed by atoms with Gasteiger partial charge in [0.1, 0.15) is 0 Å². The van der Waals surface area contributed by atoms with E-state index in [-0.39, 0.29) is 30.1 Å². The Balaban J connectivity index is 1.57. The number of hydrogen-bond acceptors (Lipinski definition) is 6. The number of ether oxygens (including phenoxy) is 2. The van der Waals surface area contributed by atoms with Crippen molar-refractivity contribution in [3.63, 3.8) is 0 Å². The van der Waals surface area contributed by atoms with Crippen LogP contribution in [0, 0.1) is 0 Å². The Bertz CT molecular complexity index is 1310. The van der Waals surface area contributed by atoms with Crippen LogP contribution in [0.15, 0.2) is 53.4 Å². The second kappa shape index (κ2) is 9.75. The molecule has 1 aromatic heterocycles. The molecule has 2 aliphatic heterocycles. The molecule has 3 aromatic rings. The van der Waals surface area contributed by atoms with E-state index in [9.17, 15) is 13.8 Å². The number of rotatable bonds is 5. The first-order valence-electron chi connectivity index (χ1n) is 11.7. The Labute approximate surface area is 206 Å². The first kappa shape index (κ1) is 23.4. The fourth-order valence-electron chi connectivity index (χ4n) is 4.73. The minimum Gasteiger partial charge on any atom is -0.461 e. The molecule has 1 fully saturated rings. The Morgan fingerprint density at radius 3 is 2.63 bits per heavy atom. The van der Waals surface area contributed by atoms with Gasteiger partial charge in [-0.25, -0.2) is 9.48 Å². The lowest BCUT2D eigenvalue weighted by atomic mass is 10.0. The summed E-state index contributed by atoms with van der Waals surface area (Å²) >= 11 is 0. The number of carbonyl (C=O) groups excluding carboxylic acids is 2. The number of piperidine rings is 1. The maximum Gasteiger partial charge on any atom is 0.359 e. The van der Waals surface area contributed by atoms with E-state index in [0.717, 1.165) is 18.4 Å². The normalized spacial score (nSPS) is 17.5. The van der Waals surface area contributed by atoms with Gasteiger partial charge >= 0.3 is 5.97 Å². The van der Waals surface area contributed by atoms with Crippen molar-refractivity contribution in [3.8, 4) is 16.9 Å². The van der Waals surface area contributed by atoms with Crippen molar-refractivity contribution < 1.29 is 23.3 Å². The third-order valence-corrected chi connectivity index (χ3v) is 7.91. The summed E-state index contributed by atoms with van der Waals surface area (Å²) in [5.41, 5.74) is 3.41. The van der Waals surface area contributed by atoms with Crippen molar-refractivity contribution in [1.82, 2.24) is 14.7 Å². The monoisotopic (exact) mass is 493 g/mol. The summed E-state index contributed by atoms with van der Waals surface area (Å²) in [5, 5.41) is 4.61. The van der Waals surface area contributed by atoms with Gasteiger partial charge in [0.2, 0.25) is 0 Å². The van der Waals surface area contributed by atoms with Gasteiger partial charge in [-0.2, -0.15) is 5.10 Å². The lowest BCUT2D eigenvalue weighted by molar-refractivity contribution is 0.0350. The molecule has 2 aromatic carbocycles. The number of nitrogens with zero attached hydrogens (tertiary/aromatic N) is 3. The van der Waals surface area contributed by atoms with E-state index in [1.807, 2.05) is 41.3 Å². The molecule has 2 aliphatic rings. The first-order chi connectivity index (χ1) is 17.0. The predicted octanol–water partition coefficient (Wildman–Crippen LogP) is 3.59. The quantitative estimate of drug-likeness (QED) is 0.505. The number of likely N-dealkylation sites (tertiary alicyclic amines) is 1. The van der Waals surface area contributed by atoms with Crippen LogP contribution in [0.3, 0.4) is 0 Å². The molecule has 0 saturated carbocycles. The van der Waals surface area contributed by atoms with Crippen LogP contribution < -0.4 is 0 Å². The van der Waals surface area contributed by atoms with Crippen molar-refractivity contribution in [1.29, 1.82) is 0 Å². The number of hydrogen-bond donors (Lipinski definition) is 0. The smallest absolute Gasteiger partial charge is 0.359 e. The van der Waals surface area contributed by atoms with Crippen LogP contribution in [0.1, 0.15) is 46.2 Å². The third-order valence-electron chi connectivity index (χ3n) is 6.52. The van der Waals surface area contributed by atoms with Crippen molar-refractivity contribution in [2.75, 3.05) is 26.8 Å². The molecule has 0 bridgehead atoms. The second-order valence-electron chi connectivity index (χ2n) is 8.57. The summed E-state index contributed by atoms with van der Waals surface area (Å²) in [7, 11) is 0.402. The molecule has 0 spiro atoms. The van der Waals surface area contributed by atoms with Crippen molar-refractivity contribution >= 4 is 22.7 Å². The molecular weight excluding hydrogens is 466 g/mol. The maximum absolute atomic E-state index is 13.2. The van der Waals surface area contributed by atoms with Gasteiger partial charge in [-0.3, -0.25) is 9.00 Å². The SMILES string of the molecule is CCOC(=O)c1nn(-c2cccc(C(=O)N3CCC(OC)CC3)c2)c2c1CS(=O)c1ccccc1-2. The number of esters is 1. The first-order valence-corrected chi connectivity index (χ1v) is 13.0. The average molecular weight is 494 g/mol. The zero-order chi connectivity index (χ0) is 24.5. The number of amides is 1. The maximum atomic E-state index is 13.2. The Morgan fingerprint density at radius 1 is 1.11 bits per heavy atom. The van der Waals surface area contributed by atoms with E-state index in [1.165, 1.54) is 0 Å². The highest BCUT2D eigenvalue weighted by Gasteiger charge is 2.33. The molecular formula is C26H27N3O5S. The lowest BCUT2D eigenvalue weighted by Crippen LogP contribution is -2.40. The molecule has 1 unspecified atom stereocenters. The van der Waals surface area contributed by atoms with E-state index in [1.54, 1.807) is 30.8 Å². The molecule has 8 nitrogen and oxygen atoms in total. The van der Waals surface area contributed by atoms with Crippen LogP contribution in [0.5, 0.6) is 0 Å². The van der Waals surface area contributed by atoms with Gasteiger partial charge in [0.25, 0.3) is 5.91 Å². The molecule has 0 N–H and O–H groups in total. The highest BCUT2D eigenvalue weighted by Crippen LogP contribution is 2.39. The molecule has 0 aliphatic carbocycles. The Hall–Kier alpha value is -3.30. The number of methoxy groups -OCH3 is 1. The Morgan fingerprint density at radius 2 is 1.89 bits per heavy atom. The van der Waals surface area contributed by atoms with Gasteiger partial charge in [-0.05, 0) is 44.0 Å². The molecule has 1 saturated heterocycles. The van der Waals surface area contributed by atoms with Crippen molar-refractivity contribution in [3.05, 3.63) is 65.4 Å². The number of carbonyl (C=O) groups is 2. The van der Waals surface area contributed by atoms with E-state index in [0.29, 0.717) is 40.5 Å². The summed E-state index contributed by atoms with van der Waals surface area (Å²) in [6.45, 7) is 3.24. The average Bonchev–Trinajstić information content (AvgIpc) is 3.28. The molecule has 35 heavy (non-hydrogen) atoms. The number of fused-ring (bicyclic) bond motifs is 3. The van der Waals surface area contributed by atoms with E-state index in [2.05, 4.69) is 5.10 Å². The van der Waals surface area contributed by atoms with Crippen LogP contribution in [-0.4, -0.2) is 63.7 Å². The second-order valence-corrected chi connectivity index (χ2v) is 9.99. The zero-order valence-electron chi connectivity index (χ0n) is 19.7. The molecule has 1 atom stereocenters. The molecule has 3 heterocycles. The lowest BCUT2D eigenvalue weighted by Gasteiger charge is -2.31. The molecule has 182 valence electrons. The largest absolute Gasteiger partial charge is 0.461 e. The topological polar surface area (TPSA) is 90.7 Å². The van der Waals surface area contributed by atoms with Gasteiger partial charge in [0.05, 0.1) is 40.6 Å². The summed E-state index contributed by atoms with van der Waals surface area (Å²) in [6.07, 6.45) is 1.81. The van der Waals surface area contributed by atoms with Gasteiger partial charge in [0, 0.05) is 41.8 Å². The van der Waals surface area contributed by atoms with Crippen LogP contribution in [0.25, 0.3) is 16.9 Å². The highest BCUT2D eigenvalue weighted by atomic mass is 32.2. The molecule has 1 amide bonds. The molecule has 0 radical (unpaired) electrons. The minimum absolute atomic E-state index is 0.0467.